The van der Waals surface area contributed by atoms with E-state index in [-0.39, 0.29) is 22.7 Å². The lowest BCUT2D eigenvalue weighted by Gasteiger charge is -2.29. The van der Waals surface area contributed by atoms with Crippen molar-refractivity contribution in [2.75, 3.05) is 11.1 Å². The Hall–Kier alpha value is -2.02. The van der Waals surface area contributed by atoms with Crippen LogP contribution < -0.4 is 5.32 Å². The molecule has 4 rings (SSSR count). The van der Waals surface area contributed by atoms with E-state index in [9.17, 15) is 9.59 Å². The van der Waals surface area contributed by atoms with Crippen LogP contribution in [0.5, 0.6) is 0 Å². The molecule has 0 spiro atoms. The topological polar surface area (TPSA) is 75.4 Å². The predicted molar refractivity (Wildman–Crippen MR) is 92.8 cm³/mol. The molecule has 24 heavy (non-hydrogen) atoms. The van der Waals surface area contributed by atoms with E-state index in [1.807, 2.05) is 32.9 Å². The number of nitrogens with one attached hydrogen (secondary N) is 1. The molecule has 1 aromatic carbocycles. The number of anilines is 1. The summed E-state index contributed by atoms with van der Waals surface area (Å²) in [4.78, 5) is 30.6. The van der Waals surface area contributed by atoms with Crippen molar-refractivity contribution in [3.8, 4) is 0 Å². The van der Waals surface area contributed by atoms with Gasteiger partial charge in [-0.1, -0.05) is 6.07 Å². The molecule has 126 valence electrons. The Bertz CT molecular complexity index is 862. The Morgan fingerprint density at radius 1 is 1.46 bits per heavy atom. The third-order valence-corrected chi connectivity index (χ3v) is 6.30. The minimum atomic E-state index is -0.465. The average Bonchev–Trinajstić information content (AvgIpc) is 3.13. The van der Waals surface area contributed by atoms with Gasteiger partial charge in [0.25, 0.3) is 5.91 Å². The van der Waals surface area contributed by atoms with Crippen molar-refractivity contribution >= 4 is 40.7 Å². The number of carbonyl (C=O) groups is 2. The zero-order valence-electron chi connectivity index (χ0n) is 13.9. The van der Waals surface area contributed by atoms with Crippen LogP contribution >= 0.6 is 11.8 Å². The number of oxazole rings is 1. The first kappa shape index (κ1) is 15.5. The zero-order valence-corrected chi connectivity index (χ0v) is 14.7. The van der Waals surface area contributed by atoms with Gasteiger partial charge in [-0.25, -0.2) is 0 Å². The molecule has 2 atom stereocenters. The van der Waals surface area contributed by atoms with Gasteiger partial charge in [-0.2, -0.15) is 4.98 Å². The Balaban J connectivity index is 1.59. The van der Waals surface area contributed by atoms with E-state index in [0.717, 1.165) is 23.1 Å². The monoisotopic (exact) mass is 345 g/mol. The summed E-state index contributed by atoms with van der Waals surface area (Å²) in [6.45, 7) is 5.98. The smallest absolute Gasteiger partial charge is 0.302 e. The molecule has 0 unspecified atom stereocenters. The van der Waals surface area contributed by atoms with E-state index >= 15 is 0 Å². The first-order chi connectivity index (χ1) is 11.4. The van der Waals surface area contributed by atoms with E-state index in [0.29, 0.717) is 17.8 Å². The standard InChI is InChI=1S/C17H19N3O3S/c1-9-6-10(2)14-11(7-9)18-16(23-14)19-15(22)12-8-24-17(3)5-4-13(21)20(12)17/h6-7,12H,4-5,8H2,1-3H3,(H,18,19,22)/t12-,17+/m1/s1. The number of hydrogen-bond donors (Lipinski definition) is 1. The highest BCUT2D eigenvalue weighted by Crippen LogP contribution is 2.47. The minimum absolute atomic E-state index is 0.0479. The van der Waals surface area contributed by atoms with Gasteiger partial charge < -0.3 is 9.32 Å². The van der Waals surface area contributed by atoms with Crippen LogP contribution in [-0.4, -0.2) is 38.4 Å². The molecule has 2 fully saturated rings. The number of nitrogens with zero attached hydrogens (tertiary/aromatic N) is 2. The quantitative estimate of drug-likeness (QED) is 0.906. The highest BCUT2D eigenvalue weighted by molar-refractivity contribution is 8.01. The lowest BCUT2D eigenvalue weighted by molar-refractivity contribution is -0.136. The molecule has 0 radical (unpaired) electrons. The summed E-state index contributed by atoms with van der Waals surface area (Å²) in [6.07, 6.45) is 1.30. The lowest BCUT2D eigenvalue weighted by Crippen LogP contribution is -2.48. The molecule has 0 aliphatic carbocycles. The summed E-state index contributed by atoms with van der Waals surface area (Å²) < 4.78 is 5.69. The fourth-order valence-electron chi connectivity index (χ4n) is 3.63. The van der Waals surface area contributed by atoms with Crippen molar-refractivity contribution in [2.45, 2.75) is 44.5 Å². The molecule has 2 aliphatic rings. The third-order valence-electron chi connectivity index (χ3n) is 4.80. The largest absolute Gasteiger partial charge is 0.423 e. The minimum Gasteiger partial charge on any atom is -0.423 e. The molecule has 2 amide bonds. The average molecular weight is 345 g/mol. The summed E-state index contributed by atoms with van der Waals surface area (Å²) in [6, 6.07) is 3.66. The van der Waals surface area contributed by atoms with Gasteiger partial charge in [0, 0.05) is 12.2 Å². The second kappa shape index (κ2) is 5.24. The molecule has 2 aliphatic heterocycles. The van der Waals surface area contributed by atoms with Gasteiger partial charge in [-0.3, -0.25) is 14.9 Å². The Kier molecular flexibility index (Phi) is 3.38. The summed E-state index contributed by atoms with van der Waals surface area (Å²) in [5.41, 5.74) is 3.48. The van der Waals surface area contributed by atoms with Crippen LogP contribution in [0, 0.1) is 13.8 Å². The second-order valence-electron chi connectivity index (χ2n) is 6.70. The van der Waals surface area contributed by atoms with Gasteiger partial charge in [0.05, 0.1) is 4.87 Å². The van der Waals surface area contributed by atoms with Crippen molar-refractivity contribution < 1.29 is 14.0 Å². The van der Waals surface area contributed by atoms with Gasteiger partial charge in [-0.05, 0) is 44.4 Å². The van der Waals surface area contributed by atoms with Crippen molar-refractivity contribution in [2.24, 2.45) is 0 Å². The van der Waals surface area contributed by atoms with Crippen molar-refractivity contribution in [3.63, 3.8) is 0 Å². The van der Waals surface area contributed by atoms with Gasteiger partial charge >= 0.3 is 6.01 Å². The molecule has 1 N–H and O–H groups in total. The van der Waals surface area contributed by atoms with Crippen molar-refractivity contribution in [3.05, 3.63) is 23.3 Å². The number of aryl methyl sites for hydroxylation is 2. The first-order valence-corrected chi connectivity index (χ1v) is 9.01. The number of thioether (sulfide) groups is 1. The summed E-state index contributed by atoms with van der Waals surface area (Å²) in [5, 5.41) is 2.75. The van der Waals surface area contributed by atoms with E-state index in [2.05, 4.69) is 10.3 Å². The zero-order chi connectivity index (χ0) is 17.1. The van der Waals surface area contributed by atoms with Crippen LogP contribution in [0.15, 0.2) is 16.5 Å². The number of benzene rings is 1. The van der Waals surface area contributed by atoms with E-state index in [1.165, 1.54) is 0 Å². The maximum Gasteiger partial charge on any atom is 0.302 e. The predicted octanol–water partition coefficient (Wildman–Crippen LogP) is 2.84. The number of fused-ring (bicyclic) bond motifs is 2. The summed E-state index contributed by atoms with van der Waals surface area (Å²) in [5.74, 6) is 0.418. The Labute approximate surface area is 144 Å². The fourth-order valence-corrected chi connectivity index (χ4v) is 5.07. The number of amides is 2. The molecule has 6 nitrogen and oxygen atoms in total. The van der Waals surface area contributed by atoms with Crippen LogP contribution in [0.2, 0.25) is 0 Å². The fraction of sp³-hybridized carbons (Fsp3) is 0.471. The van der Waals surface area contributed by atoms with Gasteiger partial charge in [-0.15, -0.1) is 11.8 Å². The number of carbonyl (C=O) groups excluding carboxylic acids is 2. The number of rotatable bonds is 2. The summed E-state index contributed by atoms with van der Waals surface area (Å²) in [7, 11) is 0. The lowest BCUT2D eigenvalue weighted by atomic mass is 10.1. The molecule has 2 aromatic rings. The molecule has 3 heterocycles. The number of hydrogen-bond acceptors (Lipinski definition) is 5. The third kappa shape index (κ3) is 2.30. The maximum atomic E-state index is 12.7. The summed E-state index contributed by atoms with van der Waals surface area (Å²) >= 11 is 1.67. The van der Waals surface area contributed by atoms with Gasteiger partial charge in [0.1, 0.15) is 11.6 Å². The number of aromatic nitrogens is 1. The van der Waals surface area contributed by atoms with Crippen molar-refractivity contribution in [1.29, 1.82) is 0 Å². The van der Waals surface area contributed by atoms with E-state index < -0.39 is 6.04 Å². The van der Waals surface area contributed by atoms with Crippen LogP contribution in [-0.2, 0) is 9.59 Å². The van der Waals surface area contributed by atoms with Crippen LogP contribution in [0.4, 0.5) is 6.01 Å². The van der Waals surface area contributed by atoms with Gasteiger partial charge in [0.15, 0.2) is 5.58 Å². The van der Waals surface area contributed by atoms with Crippen molar-refractivity contribution in [1.82, 2.24) is 9.88 Å². The SMILES string of the molecule is Cc1cc(C)c2oc(NC(=O)[C@H]3CS[C@@]4(C)CCC(=O)N34)nc2c1. The first-order valence-electron chi connectivity index (χ1n) is 8.02. The molecule has 1 aromatic heterocycles. The van der Waals surface area contributed by atoms with Crippen LogP contribution in [0.3, 0.4) is 0 Å². The van der Waals surface area contributed by atoms with Crippen LogP contribution in [0.1, 0.15) is 30.9 Å². The maximum absolute atomic E-state index is 12.7. The molecule has 2 saturated heterocycles. The second-order valence-corrected chi connectivity index (χ2v) is 8.21. The Morgan fingerprint density at radius 2 is 2.25 bits per heavy atom. The van der Waals surface area contributed by atoms with E-state index in [4.69, 9.17) is 4.42 Å². The normalized spacial score (nSPS) is 26.2. The molecule has 0 saturated carbocycles. The molecular formula is C17H19N3O3S. The Morgan fingerprint density at radius 3 is 3.04 bits per heavy atom. The van der Waals surface area contributed by atoms with Gasteiger partial charge in [0.2, 0.25) is 5.91 Å². The molecule has 7 heteroatoms. The van der Waals surface area contributed by atoms with E-state index in [1.54, 1.807) is 16.7 Å². The highest BCUT2D eigenvalue weighted by Gasteiger charge is 2.53. The highest BCUT2D eigenvalue weighted by atomic mass is 32.2. The van der Waals surface area contributed by atoms with Crippen LogP contribution in [0.25, 0.3) is 11.1 Å². The molecule has 0 bridgehead atoms. The molecular weight excluding hydrogens is 326 g/mol.